The van der Waals surface area contributed by atoms with Gasteiger partial charge in [0.2, 0.25) is 5.54 Å². The van der Waals surface area contributed by atoms with Crippen LogP contribution in [-0.4, -0.2) is 51.4 Å². The van der Waals surface area contributed by atoms with Gasteiger partial charge in [-0.05, 0) is 11.6 Å². The summed E-state index contributed by atoms with van der Waals surface area (Å²) in [6.45, 7) is 0.782. The predicted molar refractivity (Wildman–Crippen MR) is 95.2 cm³/mol. The molecule has 9 heteroatoms. The first kappa shape index (κ1) is 18.6. The Labute approximate surface area is 155 Å². The van der Waals surface area contributed by atoms with Gasteiger partial charge in [-0.3, -0.25) is 25.1 Å². The second kappa shape index (κ2) is 7.20. The molecule has 0 radical (unpaired) electrons. The number of nitro groups is 2. The van der Waals surface area contributed by atoms with Crippen molar-refractivity contribution in [2.24, 2.45) is 0 Å². The van der Waals surface area contributed by atoms with Crippen LogP contribution in [0.25, 0.3) is 0 Å². The summed E-state index contributed by atoms with van der Waals surface area (Å²) < 4.78 is 5.54. The third kappa shape index (κ3) is 3.26. The quantitative estimate of drug-likeness (QED) is 0.408. The highest BCUT2D eigenvalue weighted by molar-refractivity contribution is 6.17. The summed E-state index contributed by atoms with van der Waals surface area (Å²) in [5.74, 6) is 0.387. The minimum atomic E-state index is -1.62. The third-order valence-electron chi connectivity index (χ3n) is 5.07. The maximum absolute atomic E-state index is 12.0. The van der Waals surface area contributed by atoms with Crippen molar-refractivity contribution in [1.82, 2.24) is 4.90 Å². The Balaban J connectivity index is 1.97. The predicted octanol–water partition coefficient (Wildman–Crippen LogP) is 2.47. The van der Waals surface area contributed by atoms with Gasteiger partial charge >= 0.3 is 0 Å². The van der Waals surface area contributed by atoms with Crippen LogP contribution in [0.2, 0.25) is 0 Å². The Morgan fingerprint density at radius 3 is 2.50 bits per heavy atom. The van der Waals surface area contributed by atoms with Crippen molar-refractivity contribution in [3.63, 3.8) is 0 Å². The normalized spacial score (nSPS) is 28.3. The van der Waals surface area contributed by atoms with E-state index >= 15 is 0 Å². The molecule has 1 saturated heterocycles. The highest BCUT2D eigenvalue weighted by Crippen LogP contribution is 2.45. The van der Waals surface area contributed by atoms with E-state index in [-0.39, 0.29) is 49.1 Å². The molecule has 1 aromatic rings. The van der Waals surface area contributed by atoms with Crippen LogP contribution < -0.4 is 0 Å². The Morgan fingerprint density at radius 1 is 1.15 bits per heavy atom. The molecular weight excluding hydrogens is 362 g/mol. The zero-order valence-corrected chi connectivity index (χ0v) is 14.9. The Morgan fingerprint density at radius 2 is 1.88 bits per heavy atom. The first-order valence-electron chi connectivity index (χ1n) is 8.37. The number of hydrogen-bond acceptors (Lipinski definition) is 6. The van der Waals surface area contributed by atoms with E-state index in [4.69, 9.17) is 16.3 Å². The van der Waals surface area contributed by atoms with Gasteiger partial charge in [-0.15, -0.1) is 11.6 Å². The van der Waals surface area contributed by atoms with Gasteiger partial charge in [-0.25, -0.2) is 0 Å². The molecule has 0 spiro atoms. The zero-order chi connectivity index (χ0) is 18.8. The van der Waals surface area contributed by atoms with Crippen LogP contribution in [0, 0.1) is 20.2 Å². The number of ether oxygens (including phenoxy) is 1. The molecule has 3 rings (SSSR count). The lowest BCUT2D eigenvalue weighted by molar-refractivity contribution is -0.624. The zero-order valence-electron chi connectivity index (χ0n) is 14.2. The van der Waals surface area contributed by atoms with Crippen LogP contribution in [0.15, 0.2) is 42.2 Å². The molecule has 1 fully saturated rings. The maximum atomic E-state index is 12.0. The second-order valence-corrected chi connectivity index (χ2v) is 7.27. The number of nitrogens with zero attached hydrogens (tertiary/aromatic N) is 3. The van der Waals surface area contributed by atoms with Gasteiger partial charge in [-0.2, -0.15) is 0 Å². The molecule has 140 valence electrons. The molecular formula is C17H20ClN3O5. The lowest BCUT2D eigenvalue weighted by Crippen LogP contribution is -2.67. The van der Waals surface area contributed by atoms with E-state index in [1.165, 1.54) is 6.08 Å². The minimum Gasteiger partial charge on any atom is -0.489 e. The van der Waals surface area contributed by atoms with Crippen LogP contribution in [0.4, 0.5) is 0 Å². The summed E-state index contributed by atoms with van der Waals surface area (Å²) in [6.07, 6.45) is 1.46. The molecule has 2 aliphatic rings. The second-order valence-electron chi connectivity index (χ2n) is 6.89. The van der Waals surface area contributed by atoms with E-state index in [9.17, 15) is 20.2 Å². The number of alkyl halides is 1. The van der Waals surface area contributed by atoms with E-state index in [0.717, 1.165) is 5.56 Å². The van der Waals surface area contributed by atoms with Crippen molar-refractivity contribution in [2.45, 2.75) is 30.5 Å². The molecule has 0 saturated carbocycles. The standard InChI is InChI=1S/C17H20ClN3O5/c18-8-9-26-15-6-7-16(20(22)23)11-17(15,21(24)25)13-19(12-16)10-14-4-2-1-3-5-14/h1-6H,7-13H2/t16-,17+/m1/s1. The van der Waals surface area contributed by atoms with Gasteiger partial charge in [0.25, 0.3) is 5.54 Å². The molecule has 1 heterocycles. The Kier molecular flexibility index (Phi) is 5.15. The minimum absolute atomic E-state index is 0.0681. The van der Waals surface area contributed by atoms with Gasteiger partial charge in [-0.1, -0.05) is 30.3 Å². The van der Waals surface area contributed by atoms with Crippen molar-refractivity contribution in [2.75, 3.05) is 25.6 Å². The van der Waals surface area contributed by atoms with Gasteiger partial charge in [0.05, 0.1) is 25.4 Å². The van der Waals surface area contributed by atoms with Crippen molar-refractivity contribution in [1.29, 1.82) is 0 Å². The largest absolute Gasteiger partial charge is 0.489 e. The number of likely N-dealkylation sites (tertiary alicyclic amines) is 1. The van der Waals surface area contributed by atoms with Gasteiger partial charge in [0.15, 0.2) is 5.76 Å². The molecule has 1 aromatic carbocycles. The molecule has 0 N–H and O–H groups in total. The smallest absolute Gasteiger partial charge is 0.296 e. The SMILES string of the molecule is O=[N+]([O-])[C@@]12CC=C(OCCCl)[C@@]([N+](=O)[O-])(CN(Cc3ccccc3)C1)C2. The molecule has 1 aliphatic heterocycles. The lowest BCUT2D eigenvalue weighted by Gasteiger charge is -2.45. The van der Waals surface area contributed by atoms with Crippen LogP contribution >= 0.6 is 11.6 Å². The molecule has 26 heavy (non-hydrogen) atoms. The number of fused-ring (bicyclic) bond motifs is 2. The molecule has 1 aliphatic carbocycles. The fraction of sp³-hybridized carbons (Fsp3) is 0.529. The topological polar surface area (TPSA) is 98.8 Å². The average molecular weight is 382 g/mol. The summed E-state index contributed by atoms with van der Waals surface area (Å²) >= 11 is 5.65. The Bertz CT molecular complexity index is 728. The van der Waals surface area contributed by atoms with E-state index in [0.29, 0.717) is 6.54 Å². The number of benzene rings is 1. The number of rotatable bonds is 7. The summed E-state index contributed by atoms with van der Waals surface area (Å²) in [4.78, 5) is 24.9. The molecule has 8 nitrogen and oxygen atoms in total. The van der Waals surface area contributed by atoms with Crippen molar-refractivity contribution < 1.29 is 14.6 Å². The van der Waals surface area contributed by atoms with E-state index in [1.54, 1.807) is 4.90 Å². The monoisotopic (exact) mass is 381 g/mol. The fourth-order valence-corrected chi connectivity index (χ4v) is 4.05. The van der Waals surface area contributed by atoms with E-state index in [2.05, 4.69) is 0 Å². The average Bonchev–Trinajstić information content (AvgIpc) is 2.61. The van der Waals surface area contributed by atoms with Crippen LogP contribution in [0.3, 0.4) is 0 Å². The number of halogens is 1. The Hall–Kier alpha value is -2.19. The van der Waals surface area contributed by atoms with Gasteiger partial charge < -0.3 is 4.74 Å². The van der Waals surface area contributed by atoms with Crippen molar-refractivity contribution in [3.05, 3.63) is 68.0 Å². The van der Waals surface area contributed by atoms with Crippen molar-refractivity contribution >= 4 is 11.6 Å². The van der Waals surface area contributed by atoms with E-state index in [1.807, 2.05) is 30.3 Å². The number of hydrogen-bond donors (Lipinski definition) is 0. The highest BCUT2D eigenvalue weighted by Gasteiger charge is 2.66. The maximum Gasteiger partial charge on any atom is 0.296 e. The number of piperidine rings is 1. The molecule has 2 bridgehead atoms. The molecule has 0 amide bonds. The van der Waals surface area contributed by atoms with Gasteiger partial charge in [0.1, 0.15) is 6.61 Å². The lowest BCUT2D eigenvalue weighted by atomic mass is 9.71. The van der Waals surface area contributed by atoms with Crippen LogP contribution in [-0.2, 0) is 11.3 Å². The molecule has 0 unspecified atom stereocenters. The van der Waals surface area contributed by atoms with Crippen molar-refractivity contribution in [3.8, 4) is 0 Å². The van der Waals surface area contributed by atoms with Gasteiger partial charge in [0, 0.05) is 22.8 Å². The summed E-state index contributed by atoms with van der Waals surface area (Å²) in [5.41, 5.74) is -2.05. The highest BCUT2D eigenvalue weighted by atomic mass is 35.5. The summed E-state index contributed by atoms with van der Waals surface area (Å²) in [7, 11) is 0. The fourth-order valence-electron chi connectivity index (χ4n) is 3.98. The van der Waals surface area contributed by atoms with E-state index < -0.39 is 16.0 Å². The summed E-state index contributed by atoms with van der Waals surface area (Å²) in [6, 6.07) is 9.45. The molecule has 0 aromatic heterocycles. The first-order valence-corrected chi connectivity index (χ1v) is 8.90. The third-order valence-corrected chi connectivity index (χ3v) is 5.23. The van der Waals surface area contributed by atoms with Crippen LogP contribution in [0.5, 0.6) is 0 Å². The summed E-state index contributed by atoms with van der Waals surface area (Å²) in [5, 5.41) is 23.9. The van der Waals surface area contributed by atoms with Crippen LogP contribution in [0.1, 0.15) is 18.4 Å². The first-order chi connectivity index (χ1) is 12.4. The molecule has 2 atom stereocenters.